The number of phenolic OH excluding ortho intramolecular Hbond substituents is 1. The van der Waals surface area contributed by atoms with E-state index in [9.17, 15) is 20.0 Å². The Labute approximate surface area is 204 Å². The summed E-state index contributed by atoms with van der Waals surface area (Å²) in [5.41, 5.74) is 1.46. The Bertz CT molecular complexity index is 1500. The van der Waals surface area contributed by atoms with Gasteiger partial charge in [0.05, 0.1) is 12.2 Å². The van der Waals surface area contributed by atoms with E-state index in [0.717, 1.165) is 17.1 Å². The number of aryl methyl sites for hydroxylation is 1. The summed E-state index contributed by atoms with van der Waals surface area (Å²) in [6, 6.07) is 17.8. The van der Waals surface area contributed by atoms with E-state index in [2.05, 4.69) is 19.9 Å². The molecule has 0 unspecified atom stereocenters. The van der Waals surface area contributed by atoms with Crippen LogP contribution >= 0.6 is 11.5 Å². The average Bonchev–Trinajstić information content (AvgIpc) is 3.27. The van der Waals surface area contributed by atoms with Crippen LogP contribution in [0.2, 0.25) is 0 Å². The maximum Gasteiger partial charge on any atom is 0.359 e. The van der Waals surface area contributed by atoms with Gasteiger partial charge in [-0.15, -0.1) is 10.2 Å². The van der Waals surface area contributed by atoms with Gasteiger partial charge in [-0.1, -0.05) is 42.0 Å². The first-order valence-corrected chi connectivity index (χ1v) is 11.3. The molecular formula is C25H19N5O4S. The number of carbonyl (C=O) groups excluding carboxylic acids is 2. The lowest BCUT2D eigenvalue weighted by atomic mass is 10.0. The Morgan fingerprint density at radius 2 is 1.91 bits per heavy atom. The van der Waals surface area contributed by atoms with Crippen molar-refractivity contribution in [2.75, 3.05) is 11.9 Å². The molecule has 10 heteroatoms. The highest BCUT2D eigenvalue weighted by atomic mass is 32.1. The first-order chi connectivity index (χ1) is 16.9. The fourth-order valence-corrected chi connectivity index (χ4v) is 3.97. The second-order valence-electron chi connectivity index (χ2n) is 7.41. The molecule has 0 spiro atoms. The number of hydrogen-bond acceptors (Lipinski definition) is 9. The largest absolute Gasteiger partial charge is 0.505 e. The van der Waals surface area contributed by atoms with Crippen LogP contribution in [0.1, 0.15) is 38.9 Å². The predicted octanol–water partition coefficient (Wildman–Crippen LogP) is 6.03. The molecule has 0 saturated heterocycles. The Hall–Kier alpha value is -4.62. The number of rotatable bonds is 6. The second kappa shape index (κ2) is 10.1. The molecule has 0 aliphatic heterocycles. The Kier molecular flexibility index (Phi) is 6.80. The predicted molar refractivity (Wildman–Crippen MR) is 132 cm³/mol. The second-order valence-corrected chi connectivity index (χ2v) is 8.16. The van der Waals surface area contributed by atoms with Gasteiger partial charge in [-0.25, -0.2) is 4.79 Å². The van der Waals surface area contributed by atoms with Crippen LogP contribution < -0.4 is 5.32 Å². The highest BCUT2D eigenvalue weighted by molar-refractivity contribution is 7.10. The van der Waals surface area contributed by atoms with Crippen molar-refractivity contribution in [3.8, 4) is 11.8 Å². The monoisotopic (exact) mass is 485 g/mol. The van der Waals surface area contributed by atoms with E-state index >= 15 is 0 Å². The lowest BCUT2D eigenvalue weighted by Crippen LogP contribution is -2.12. The maximum absolute atomic E-state index is 13.0. The molecule has 1 amide bonds. The van der Waals surface area contributed by atoms with E-state index in [0.29, 0.717) is 16.5 Å². The molecule has 4 aromatic rings. The van der Waals surface area contributed by atoms with Crippen molar-refractivity contribution in [2.24, 2.45) is 10.2 Å². The molecule has 0 bridgehead atoms. The number of aromatic nitrogens is 1. The third kappa shape index (κ3) is 4.85. The number of aromatic hydroxyl groups is 1. The van der Waals surface area contributed by atoms with Gasteiger partial charge in [0.15, 0.2) is 16.4 Å². The molecule has 35 heavy (non-hydrogen) atoms. The topological polar surface area (TPSA) is 137 Å². The number of carbonyl (C=O) groups is 2. The summed E-state index contributed by atoms with van der Waals surface area (Å²) in [7, 11) is 0. The van der Waals surface area contributed by atoms with Gasteiger partial charge < -0.3 is 15.2 Å². The molecular weight excluding hydrogens is 466 g/mol. The molecule has 0 radical (unpaired) electrons. The van der Waals surface area contributed by atoms with E-state index in [1.165, 1.54) is 0 Å². The van der Waals surface area contributed by atoms with Crippen molar-refractivity contribution >= 4 is 50.6 Å². The molecule has 4 rings (SSSR count). The molecule has 9 nitrogen and oxygen atoms in total. The quantitative estimate of drug-likeness (QED) is 0.253. The zero-order valence-electron chi connectivity index (χ0n) is 18.8. The summed E-state index contributed by atoms with van der Waals surface area (Å²) < 4.78 is 8.88. The number of nitriles is 1. The molecule has 3 aromatic carbocycles. The Morgan fingerprint density at radius 1 is 1.17 bits per heavy atom. The highest BCUT2D eigenvalue weighted by Crippen LogP contribution is 2.40. The van der Waals surface area contributed by atoms with Gasteiger partial charge in [0.1, 0.15) is 17.3 Å². The number of nitrogens with one attached hydrogen (secondary N) is 1. The Morgan fingerprint density at radius 3 is 2.63 bits per heavy atom. The minimum atomic E-state index is -0.732. The van der Waals surface area contributed by atoms with E-state index in [-0.39, 0.29) is 39.9 Å². The number of anilines is 1. The van der Waals surface area contributed by atoms with Gasteiger partial charge >= 0.3 is 5.97 Å². The fraction of sp³-hybridized carbons (Fsp3) is 0.120. The van der Waals surface area contributed by atoms with E-state index in [1.54, 1.807) is 49.4 Å². The zero-order chi connectivity index (χ0) is 24.9. The third-order valence-electron chi connectivity index (χ3n) is 5.04. The van der Waals surface area contributed by atoms with Crippen molar-refractivity contribution in [3.63, 3.8) is 0 Å². The molecule has 174 valence electrons. The minimum absolute atomic E-state index is 0.00949. The van der Waals surface area contributed by atoms with E-state index < -0.39 is 11.9 Å². The van der Waals surface area contributed by atoms with Gasteiger partial charge in [0, 0.05) is 11.1 Å². The van der Waals surface area contributed by atoms with E-state index in [4.69, 9.17) is 4.74 Å². The highest BCUT2D eigenvalue weighted by Gasteiger charge is 2.22. The summed E-state index contributed by atoms with van der Waals surface area (Å²) in [5, 5.41) is 32.8. The number of nitrogens with zero attached hydrogens (tertiary/aromatic N) is 4. The molecule has 1 aromatic heterocycles. The lowest BCUT2D eigenvalue weighted by molar-refractivity contribution is 0.0520. The number of phenols is 1. The number of fused-ring (bicyclic) bond motifs is 1. The van der Waals surface area contributed by atoms with Crippen LogP contribution in [0.4, 0.5) is 16.4 Å². The number of esters is 1. The number of benzene rings is 3. The normalized spacial score (nSPS) is 10.9. The number of ether oxygens (including phenoxy) is 1. The molecule has 0 fully saturated rings. The third-order valence-corrected chi connectivity index (χ3v) is 5.78. The van der Waals surface area contributed by atoms with Crippen molar-refractivity contribution in [1.82, 2.24) is 4.37 Å². The van der Waals surface area contributed by atoms with Crippen molar-refractivity contribution in [1.29, 1.82) is 5.26 Å². The van der Waals surface area contributed by atoms with Crippen LogP contribution in [0.3, 0.4) is 0 Å². The molecule has 0 atom stereocenters. The van der Waals surface area contributed by atoms with Crippen molar-refractivity contribution in [3.05, 3.63) is 77.0 Å². The van der Waals surface area contributed by atoms with Crippen LogP contribution in [0.5, 0.6) is 5.75 Å². The van der Waals surface area contributed by atoms with Gasteiger partial charge in [-0.3, -0.25) is 4.79 Å². The molecule has 0 aliphatic carbocycles. The van der Waals surface area contributed by atoms with E-state index in [1.807, 2.05) is 25.1 Å². The van der Waals surface area contributed by atoms with Crippen LogP contribution in [-0.4, -0.2) is 28.0 Å². The number of azo groups is 1. The first-order valence-electron chi connectivity index (χ1n) is 10.5. The number of hydrogen-bond donors (Lipinski definition) is 2. The van der Waals surface area contributed by atoms with Crippen LogP contribution in [0.15, 0.2) is 64.8 Å². The van der Waals surface area contributed by atoms with Gasteiger partial charge in [-0.2, -0.15) is 9.64 Å². The summed E-state index contributed by atoms with van der Waals surface area (Å²) in [4.78, 5) is 25.0. The zero-order valence-corrected chi connectivity index (χ0v) is 19.6. The number of amides is 1. The molecule has 0 saturated carbocycles. The fourth-order valence-electron chi connectivity index (χ4n) is 3.31. The molecule has 2 N–H and O–H groups in total. The Balaban J connectivity index is 1.75. The van der Waals surface area contributed by atoms with Gasteiger partial charge in [0.2, 0.25) is 0 Å². The van der Waals surface area contributed by atoms with Crippen LogP contribution in [0, 0.1) is 18.3 Å². The standard InChI is InChI=1S/C25H19N5O4S/c1-3-34-25(33)21-19(13-26)24(35-30-21)29-28-20-17-7-5-4-6-15(17)12-18(22(20)31)23(32)27-16-10-8-14(2)9-11-16/h4-12,31H,3H2,1-2H3,(H,27,32)/b29-28+. The summed E-state index contributed by atoms with van der Waals surface area (Å²) in [6.45, 7) is 3.72. The first kappa shape index (κ1) is 23.5. The molecule has 0 aliphatic rings. The summed E-state index contributed by atoms with van der Waals surface area (Å²) in [6.07, 6.45) is 0. The maximum atomic E-state index is 13.0. The average molecular weight is 486 g/mol. The van der Waals surface area contributed by atoms with Crippen molar-refractivity contribution in [2.45, 2.75) is 13.8 Å². The summed E-state index contributed by atoms with van der Waals surface area (Å²) in [5.74, 6) is -1.62. The van der Waals surface area contributed by atoms with Crippen LogP contribution in [-0.2, 0) is 4.74 Å². The smallest absolute Gasteiger partial charge is 0.359 e. The summed E-state index contributed by atoms with van der Waals surface area (Å²) >= 11 is 0.804. The van der Waals surface area contributed by atoms with Gasteiger partial charge in [0.25, 0.3) is 5.91 Å². The van der Waals surface area contributed by atoms with Gasteiger partial charge in [-0.05, 0) is 49.0 Å². The minimum Gasteiger partial charge on any atom is -0.505 e. The lowest BCUT2D eigenvalue weighted by Gasteiger charge is -2.11. The van der Waals surface area contributed by atoms with Crippen molar-refractivity contribution < 1.29 is 19.4 Å². The van der Waals surface area contributed by atoms with Crippen LogP contribution in [0.25, 0.3) is 10.8 Å². The SMILES string of the molecule is CCOC(=O)c1nsc(/N=N/c2c(O)c(C(=O)Nc3ccc(C)cc3)cc3ccccc23)c1C#N. The molecule has 1 heterocycles.